The first-order valence-corrected chi connectivity index (χ1v) is 6.13. The SMILES string of the molecule is CCNCCOc1cc(C)c([N+](=O)[O-])cc1Br. The molecule has 0 aliphatic rings. The minimum absolute atomic E-state index is 0.0934. The number of ether oxygens (including phenoxy) is 1. The van der Waals surface area contributed by atoms with Crippen molar-refractivity contribution in [1.82, 2.24) is 5.32 Å². The van der Waals surface area contributed by atoms with Crippen molar-refractivity contribution in [3.05, 3.63) is 32.3 Å². The quantitative estimate of drug-likeness (QED) is 0.498. The number of likely N-dealkylation sites (N-methyl/N-ethyl adjacent to an activating group) is 1. The number of halogens is 1. The van der Waals surface area contributed by atoms with Gasteiger partial charge in [-0.25, -0.2) is 0 Å². The molecule has 1 aromatic carbocycles. The Kier molecular flexibility index (Phi) is 5.37. The van der Waals surface area contributed by atoms with E-state index in [0.717, 1.165) is 13.1 Å². The molecule has 0 fully saturated rings. The van der Waals surface area contributed by atoms with E-state index in [1.54, 1.807) is 13.0 Å². The number of nitro groups is 1. The Balaban J connectivity index is 2.74. The van der Waals surface area contributed by atoms with Crippen molar-refractivity contribution in [2.45, 2.75) is 13.8 Å². The number of rotatable bonds is 6. The molecule has 5 nitrogen and oxygen atoms in total. The Morgan fingerprint density at radius 2 is 2.24 bits per heavy atom. The van der Waals surface area contributed by atoms with E-state index in [2.05, 4.69) is 21.2 Å². The summed E-state index contributed by atoms with van der Waals surface area (Å²) in [5.74, 6) is 0.631. The van der Waals surface area contributed by atoms with Crippen LogP contribution in [-0.4, -0.2) is 24.6 Å². The average Bonchev–Trinajstić information content (AvgIpc) is 2.28. The number of nitrogens with one attached hydrogen (secondary N) is 1. The molecule has 0 amide bonds. The van der Waals surface area contributed by atoms with Gasteiger partial charge < -0.3 is 10.1 Å². The van der Waals surface area contributed by atoms with Crippen LogP contribution in [0.2, 0.25) is 0 Å². The second kappa shape index (κ2) is 6.56. The normalized spacial score (nSPS) is 10.3. The molecule has 1 aromatic rings. The van der Waals surface area contributed by atoms with Crippen LogP contribution in [0.25, 0.3) is 0 Å². The van der Waals surface area contributed by atoms with Gasteiger partial charge >= 0.3 is 0 Å². The standard InChI is InChI=1S/C11H15BrN2O3/c1-3-13-4-5-17-11-6-8(2)10(14(15)16)7-9(11)12/h6-7,13H,3-5H2,1-2H3. The van der Waals surface area contributed by atoms with E-state index in [4.69, 9.17) is 4.74 Å². The van der Waals surface area contributed by atoms with Gasteiger partial charge in [-0.1, -0.05) is 6.92 Å². The fourth-order valence-electron chi connectivity index (χ4n) is 1.36. The molecule has 6 heteroatoms. The minimum atomic E-state index is -0.400. The lowest BCUT2D eigenvalue weighted by Crippen LogP contribution is -2.20. The van der Waals surface area contributed by atoms with Crippen LogP contribution in [0, 0.1) is 17.0 Å². The maximum absolute atomic E-state index is 10.7. The molecular weight excluding hydrogens is 288 g/mol. The summed E-state index contributed by atoms with van der Waals surface area (Å²) >= 11 is 3.27. The van der Waals surface area contributed by atoms with Crippen molar-refractivity contribution in [1.29, 1.82) is 0 Å². The fourth-order valence-corrected chi connectivity index (χ4v) is 1.81. The maximum atomic E-state index is 10.7. The van der Waals surface area contributed by atoms with Gasteiger partial charge in [0.1, 0.15) is 12.4 Å². The van der Waals surface area contributed by atoms with Crippen LogP contribution in [-0.2, 0) is 0 Å². The fraction of sp³-hybridized carbons (Fsp3) is 0.455. The summed E-state index contributed by atoms with van der Waals surface area (Å²) in [7, 11) is 0. The van der Waals surface area contributed by atoms with E-state index >= 15 is 0 Å². The number of benzene rings is 1. The number of aryl methyl sites for hydroxylation is 1. The number of hydrogen-bond donors (Lipinski definition) is 1. The molecule has 0 unspecified atom stereocenters. The summed E-state index contributed by atoms with van der Waals surface area (Å²) in [5, 5.41) is 13.9. The molecule has 0 aromatic heterocycles. The topological polar surface area (TPSA) is 64.4 Å². The van der Waals surface area contributed by atoms with Crippen LogP contribution in [0.4, 0.5) is 5.69 Å². The summed E-state index contributed by atoms with van der Waals surface area (Å²) in [5.41, 5.74) is 0.688. The summed E-state index contributed by atoms with van der Waals surface area (Å²) in [6.45, 7) is 5.89. The molecule has 0 aliphatic heterocycles. The Morgan fingerprint density at radius 1 is 1.53 bits per heavy atom. The number of hydrogen-bond acceptors (Lipinski definition) is 4. The molecule has 0 saturated carbocycles. The molecule has 0 heterocycles. The number of nitro benzene ring substituents is 1. The molecule has 0 aliphatic carbocycles. The summed E-state index contributed by atoms with van der Waals surface area (Å²) in [6.07, 6.45) is 0. The van der Waals surface area contributed by atoms with Gasteiger partial charge in [-0.3, -0.25) is 10.1 Å². The van der Waals surface area contributed by atoms with Gasteiger partial charge in [-0.05, 0) is 35.5 Å². The van der Waals surface area contributed by atoms with Crippen molar-refractivity contribution in [3.8, 4) is 5.75 Å². The van der Waals surface area contributed by atoms with Crippen LogP contribution < -0.4 is 10.1 Å². The lowest BCUT2D eigenvalue weighted by Gasteiger charge is -2.09. The van der Waals surface area contributed by atoms with E-state index in [1.807, 2.05) is 6.92 Å². The van der Waals surface area contributed by atoms with Gasteiger partial charge in [0.15, 0.2) is 0 Å². The average molecular weight is 303 g/mol. The zero-order valence-corrected chi connectivity index (χ0v) is 11.4. The molecule has 0 bridgehead atoms. The summed E-state index contributed by atoms with van der Waals surface area (Å²) < 4.78 is 6.13. The van der Waals surface area contributed by atoms with E-state index in [0.29, 0.717) is 22.4 Å². The Hall–Kier alpha value is -1.14. The highest BCUT2D eigenvalue weighted by Gasteiger charge is 2.14. The largest absolute Gasteiger partial charge is 0.491 e. The molecule has 0 radical (unpaired) electrons. The van der Waals surface area contributed by atoms with Gasteiger partial charge in [0.2, 0.25) is 0 Å². The van der Waals surface area contributed by atoms with Gasteiger partial charge in [0, 0.05) is 18.2 Å². The highest BCUT2D eigenvalue weighted by atomic mass is 79.9. The van der Waals surface area contributed by atoms with E-state index in [9.17, 15) is 10.1 Å². The van der Waals surface area contributed by atoms with E-state index in [1.165, 1.54) is 6.07 Å². The van der Waals surface area contributed by atoms with Crippen LogP contribution in [0.15, 0.2) is 16.6 Å². The molecule has 0 spiro atoms. The van der Waals surface area contributed by atoms with Gasteiger partial charge in [0.05, 0.1) is 9.40 Å². The molecule has 0 atom stereocenters. The van der Waals surface area contributed by atoms with Crippen molar-refractivity contribution in [2.75, 3.05) is 19.7 Å². The van der Waals surface area contributed by atoms with Crippen LogP contribution in [0.5, 0.6) is 5.75 Å². The second-order valence-electron chi connectivity index (χ2n) is 3.53. The van der Waals surface area contributed by atoms with Crippen molar-refractivity contribution in [3.63, 3.8) is 0 Å². The predicted octanol–water partition coefficient (Wildman–Crippen LogP) is 2.65. The minimum Gasteiger partial charge on any atom is -0.491 e. The third kappa shape index (κ3) is 3.98. The predicted molar refractivity (Wildman–Crippen MR) is 69.6 cm³/mol. The first kappa shape index (κ1) is 13.9. The van der Waals surface area contributed by atoms with Gasteiger partial charge in [0.25, 0.3) is 5.69 Å². The molecule has 1 rings (SSSR count). The number of nitrogens with zero attached hydrogens (tertiary/aromatic N) is 1. The molecular formula is C11H15BrN2O3. The third-order valence-corrected chi connectivity index (χ3v) is 2.85. The van der Waals surface area contributed by atoms with Crippen LogP contribution in [0.3, 0.4) is 0 Å². The van der Waals surface area contributed by atoms with Gasteiger partial charge in [-0.2, -0.15) is 0 Å². The summed E-state index contributed by atoms with van der Waals surface area (Å²) in [6, 6.07) is 3.14. The Morgan fingerprint density at radius 3 is 2.82 bits per heavy atom. The van der Waals surface area contributed by atoms with Gasteiger partial charge in [-0.15, -0.1) is 0 Å². The van der Waals surface area contributed by atoms with Crippen LogP contribution in [0.1, 0.15) is 12.5 Å². The smallest absolute Gasteiger partial charge is 0.273 e. The monoisotopic (exact) mass is 302 g/mol. The Bertz CT molecular complexity index is 410. The van der Waals surface area contributed by atoms with Crippen molar-refractivity contribution >= 4 is 21.6 Å². The second-order valence-corrected chi connectivity index (χ2v) is 4.38. The zero-order chi connectivity index (χ0) is 12.8. The van der Waals surface area contributed by atoms with E-state index < -0.39 is 4.92 Å². The first-order chi connectivity index (χ1) is 8.06. The first-order valence-electron chi connectivity index (χ1n) is 5.34. The lowest BCUT2D eigenvalue weighted by molar-refractivity contribution is -0.385. The van der Waals surface area contributed by atoms with Crippen LogP contribution >= 0.6 is 15.9 Å². The maximum Gasteiger partial charge on any atom is 0.273 e. The molecule has 1 N–H and O–H groups in total. The van der Waals surface area contributed by atoms with Crippen molar-refractivity contribution in [2.24, 2.45) is 0 Å². The molecule has 17 heavy (non-hydrogen) atoms. The zero-order valence-electron chi connectivity index (χ0n) is 9.83. The lowest BCUT2D eigenvalue weighted by atomic mass is 10.2. The Labute approximate surface area is 108 Å². The van der Waals surface area contributed by atoms with E-state index in [-0.39, 0.29) is 5.69 Å². The molecule has 0 saturated heterocycles. The highest BCUT2D eigenvalue weighted by molar-refractivity contribution is 9.10. The third-order valence-electron chi connectivity index (χ3n) is 2.23. The summed E-state index contributed by atoms with van der Waals surface area (Å²) in [4.78, 5) is 10.3. The molecule has 94 valence electrons. The highest BCUT2D eigenvalue weighted by Crippen LogP contribution is 2.32. The van der Waals surface area contributed by atoms with Crippen molar-refractivity contribution < 1.29 is 9.66 Å².